The van der Waals surface area contributed by atoms with Gasteiger partial charge in [-0.15, -0.1) is 0 Å². The van der Waals surface area contributed by atoms with Crippen molar-refractivity contribution in [2.75, 3.05) is 11.1 Å². The van der Waals surface area contributed by atoms with E-state index in [9.17, 15) is 0 Å². The summed E-state index contributed by atoms with van der Waals surface area (Å²) in [5, 5.41) is 5.64. The van der Waals surface area contributed by atoms with Crippen LogP contribution in [0.4, 0.5) is 11.4 Å². The number of rotatable bonds is 5. The Morgan fingerprint density at radius 2 is 2.14 bits per heavy atom. The Kier molecular flexibility index (Phi) is 3.77. The minimum atomic E-state index is 0.343. The van der Waals surface area contributed by atoms with E-state index in [1.165, 1.54) is 0 Å². The molecule has 0 saturated heterocycles. The second kappa shape index (κ2) is 5.87. The molecule has 0 fully saturated rings. The van der Waals surface area contributed by atoms with Gasteiger partial charge in [0.2, 0.25) is 0 Å². The van der Waals surface area contributed by atoms with Crippen LogP contribution in [0.2, 0.25) is 0 Å². The van der Waals surface area contributed by atoms with Gasteiger partial charge < -0.3 is 15.5 Å². The van der Waals surface area contributed by atoms with Gasteiger partial charge >= 0.3 is 0 Å². The van der Waals surface area contributed by atoms with E-state index in [0.717, 1.165) is 40.7 Å². The summed E-state index contributed by atoms with van der Waals surface area (Å²) in [6.07, 6.45) is 7.25. The summed E-state index contributed by atoms with van der Waals surface area (Å²) in [5.74, 6) is 1.02. The second-order valence-corrected chi connectivity index (χ2v) is 5.29. The van der Waals surface area contributed by atoms with Crippen molar-refractivity contribution < 1.29 is 4.42 Å². The molecular weight excluding hydrogens is 262 g/mol. The average Bonchev–Trinajstić information content (AvgIpc) is 3.02. The maximum absolute atomic E-state index is 6.00. The number of nitrogen functional groups attached to an aromatic ring is 1. The monoisotopic (exact) mass is 281 g/mol. The van der Waals surface area contributed by atoms with Crippen LogP contribution >= 0.6 is 0 Å². The summed E-state index contributed by atoms with van der Waals surface area (Å²) >= 11 is 0. The molecule has 1 aromatic carbocycles. The van der Waals surface area contributed by atoms with Crippen LogP contribution in [0, 0.1) is 0 Å². The molecule has 21 heavy (non-hydrogen) atoms. The first-order valence-electron chi connectivity index (χ1n) is 7.15. The first kappa shape index (κ1) is 13.5. The van der Waals surface area contributed by atoms with E-state index in [4.69, 9.17) is 10.2 Å². The molecule has 2 aromatic heterocycles. The molecule has 3 aromatic rings. The number of aryl methyl sites for hydroxylation is 1. The Morgan fingerprint density at radius 1 is 1.24 bits per heavy atom. The highest BCUT2D eigenvalue weighted by Crippen LogP contribution is 2.28. The fraction of sp³-hybridized carbons (Fsp3) is 0.235. The minimum Gasteiger partial charge on any atom is -0.469 e. The summed E-state index contributed by atoms with van der Waals surface area (Å²) < 4.78 is 5.37. The first-order chi connectivity index (χ1) is 10.2. The van der Waals surface area contributed by atoms with Gasteiger partial charge in [0.15, 0.2) is 0 Å². The molecule has 0 radical (unpaired) electrons. The number of hydrogen-bond acceptors (Lipinski definition) is 4. The number of nitrogens with zero attached hydrogens (tertiary/aromatic N) is 1. The van der Waals surface area contributed by atoms with Crippen LogP contribution in [0.5, 0.6) is 0 Å². The zero-order valence-electron chi connectivity index (χ0n) is 12.0. The van der Waals surface area contributed by atoms with Crippen molar-refractivity contribution in [1.29, 1.82) is 0 Å². The SMILES string of the molecule is CC(CCc1ccco1)Nc1ccc(N)c2cnccc12. The standard InChI is InChI=1S/C17H19N3O/c1-12(4-5-13-3-2-10-21-13)20-17-7-6-16(18)15-11-19-9-8-14(15)17/h2-3,6-12,20H,4-5,18H2,1H3. The summed E-state index contributed by atoms with van der Waals surface area (Å²) in [6.45, 7) is 2.17. The Bertz CT molecular complexity index is 722. The topological polar surface area (TPSA) is 64.1 Å². The number of fused-ring (bicyclic) bond motifs is 1. The van der Waals surface area contributed by atoms with Gasteiger partial charge in [-0.2, -0.15) is 0 Å². The lowest BCUT2D eigenvalue weighted by molar-refractivity contribution is 0.495. The molecule has 1 unspecified atom stereocenters. The summed E-state index contributed by atoms with van der Waals surface area (Å²) in [4.78, 5) is 4.14. The molecule has 108 valence electrons. The molecule has 0 aliphatic heterocycles. The average molecular weight is 281 g/mol. The predicted octanol–water partition coefficient (Wildman–Crippen LogP) is 3.84. The van der Waals surface area contributed by atoms with Crippen molar-refractivity contribution in [3.63, 3.8) is 0 Å². The minimum absolute atomic E-state index is 0.343. The highest BCUT2D eigenvalue weighted by atomic mass is 16.3. The zero-order chi connectivity index (χ0) is 14.7. The van der Waals surface area contributed by atoms with Crippen molar-refractivity contribution in [3.8, 4) is 0 Å². The quantitative estimate of drug-likeness (QED) is 0.697. The molecule has 0 bridgehead atoms. The predicted molar refractivity (Wildman–Crippen MR) is 86.3 cm³/mol. The number of furan rings is 1. The van der Waals surface area contributed by atoms with Gasteiger partial charge in [0.25, 0.3) is 0 Å². The van der Waals surface area contributed by atoms with Crippen molar-refractivity contribution in [2.45, 2.75) is 25.8 Å². The number of anilines is 2. The van der Waals surface area contributed by atoms with Crippen LogP contribution in [0.1, 0.15) is 19.1 Å². The van der Waals surface area contributed by atoms with E-state index in [1.54, 1.807) is 12.5 Å². The largest absolute Gasteiger partial charge is 0.469 e. The molecule has 3 N–H and O–H groups in total. The van der Waals surface area contributed by atoms with Crippen LogP contribution in [-0.4, -0.2) is 11.0 Å². The van der Waals surface area contributed by atoms with Gasteiger partial charge in [-0.05, 0) is 43.7 Å². The molecule has 0 amide bonds. The molecule has 3 rings (SSSR count). The Hall–Kier alpha value is -2.49. The van der Waals surface area contributed by atoms with E-state index in [0.29, 0.717) is 6.04 Å². The van der Waals surface area contributed by atoms with E-state index in [-0.39, 0.29) is 0 Å². The van der Waals surface area contributed by atoms with Crippen molar-refractivity contribution in [2.24, 2.45) is 0 Å². The van der Waals surface area contributed by atoms with Crippen LogP contribution in [0.25, 0.3) is 10.8 Å². The maximum atomic E-state index is 6.00. The van der Waals surface area contributed by atoms with Gasteiger partial charge in [0, 0.05) is 47.0 Å². The molecule has 4 nitrogen and oxygen atoms in total. The molecule has 2 heterocycles. The summed E-state index contributed by atoms with van der Waals surface area (Å²) in [5.41, 5.74) is 7.85. The van der Waals surface area contributed by atoms with E-state index < -0.39 is 0 Å². The third-order valence-electron chi connectivity index (χ3n) is 3.66. The first-order valence-corrected chi connectivity index (χ1v) is 7.15. The number of nitrogens with two attached hydrogens (primary N) is 1. The van der Waals surface area contributed by atoms with Gasteiger partial charge in [-0.1, -0.05) is 0 Å². The third-order valence-corrected chi connectivity index (χ3v) is 3.66. The highest BCUT2D eigenvalue weighted by Gasteiger charge is 2.08. The van der Waals surface area contributed by atoms with E-state index in [2.05, 4.69) is 17.2 Å². The highest BCUT2D eigenvalue weighted by molar-refractivity contribution is 6.00. The van der Waals surface area contributed by atoms with Crippen LogP contribution in [-0.2, 0) is 6.42 Å². The smallest absolute Gasteiger partial charge is 0.103 e. The summed E-state index contributed by atoms with van der Waals surface area (Å²) in [7, 11) is 0. The van der Waals surface area contributed by atoms with Crippen molar-refractivity contribution in [3.05, 3.63) is 54.7 Å². The Balaban J connectivity index is 1.74. The maximum Gasteiger partial charge on any atom is 0.103 e. The van der Waals surface area contributed by atoms with Crippen LogP contribution in [0.15, 0.2) is 53.4 Å². The lowest BCUT2D eigenvalue weighted by Gasteiger charge is -2.17. The fourth-order valence-electron chi connectivity index (χ4n) is 2.49. The lowest BCUT2D eigenvalue weighted by Crippen LogP contribution is -2.16. The molecule has 0 spiro atoms. The van der Waals surface area contributed by atoms with Gasteiger partial charge in [-0.3, -0.25) is 4.98 Å². The fourth-order valence-corrected chi connectivity index (χ4v) is 2.49. The zero-order valence-corrected chi connectivity index (χ0v) is 12.0. The van der Waals surface area contributed by atoms with Crippen LogP contribution < -0.4 is 11.1 Å². The number of nitrogens with one attached hydrogen (secondary N) is 1. The van der Waals surface area contributed by atoms with Gasteiger partial charge in [0.05, 0.1) is 6.26 Å². The Labute approximate surface area is 124 Å². The Morgan fingerprint density at radius 3 is 2.95 bits per heavy atom. The summed E-state index contributed by atoms with van der Waals surface area (Å²) in [6, 6.07) is 10.2. The van der Waals surface area contributed by atoms with Gasteiger partial charge in [-0.25, -0.2) is 0 Å². The van der Waals surface area contributed by atoms with Crippen molar-refractivity contribution >= 4 is 22.1 Å². The normalized spacial score (nSPS) is 12.4. The molecule has 4 heteroatoms. The number of benzene rings is 1. The van der Waals surface area contributed by atoms with Crippen LogP contribution in [0.3, 0.4) is 0 Å². The number of hydrogen-bond donors (Lipinski definition) is 2. The van der Waals surface area contributed by atoms with E-state index in [1.807, 2.05) is 36.5 Å². The molecule has 0 aliphatic rings. The molecule has 1 atom stereocenters. The molecule has 0 aliphatic carbocycles. The molecule has 0 saturated carbocycles. The lowest BCUT2D eigenvalue weighted by atomic mass is 10.1. The van der Waals surface area contributed by atoms with Gasteiger partial charge in [0.1, 0.15) is 5.76 Å². The van der Waals surface area contributed by atoms with Crippen molar-refractivity contribution in [1.82, 2.24) is 4.98 Å². The number of aromatic nitrogens is 1. The van der Waals surface area contributed by atoms with E-state index >= 15 is 0 Å². The third kappa shape index (κ3) is 2.99. The second-order valence-electron chi connectivity index (χ2n) is 5.29. The molecular formula is C17H19N3O. The number of pyridine rings is 1.